The zero-order chi connectivity index (χ0) is 10.1. The topological polar surface area (TPSA) is 52.7 Å². The zero-order valence-electron chi connectivity index (χ0n) is 7.35. The van der Waals surface area contributed by atoms with Gasteiger partial charge in [0.05, 0.1) is 6.54 Å². The summed E-state index contributed by atoms with van der Waals surface area (Å²) in [7, 11) is 1.66. The van der Waals surface area contributed by atoms with Gasteiger partial charge >= 0.3 is 5.69 Å². The SMILES string of the molecule is Cn1cnn(Cc2cnc(Cl)s2)c1=O. The number of halogens is 1. The summed E-state index contributed by atoms with van der Waals surface area (Å²) < 4.78 is 3.26. The fourth-order valence-corrected chi connectivity index (χ4v) is 1.99. The van der Waals surface area contributed by atoms with E-state index in [2.05, 4.69) is 10.1 Å². The van der Waals surface area contributed by atoms with E-state index in [1.54, 1.807) is 13.2 Å². The molecule has 0 atom stereocenters. The summed E-state index contributed by atoms with van der Waals surface area (Å²) in [5.41, 5.74) is -0.144. The van der Waals surface area contributed by atoms with Crippen LogP contribution in [-0.4, -0.2) is 19.3 Å². The van der Waals surface area contributed by atoms with Gasteiger partial charge in [0.25, 0.3) is 0 Å². The highest BCUT2D eigenvalue weighted by atomic mass is 35.5. The standard InChI is InChI=1S/C7H7ClN4OS/c1-11-4-10-12(7(11)13)3-5-2-9-6(8)14-5/h2,4H,3H2,1H3. The summed E-state index contributed by atoms with van der Waals surface area (Å²) in [6.07, 6.45) is 3.12. The van der Waals surface area contributed by atoms with Gasteiger partial charge in [-0.15, -0.1) is 11.3 Å². The van der Waals surface area contributed by atoms with Crippen LogP contribution >= 0.6 is 22.9 Å². The molecule has 2 aromatic rings. The smallest absolute Gasteiger partial charge is 0.285 e. The van der Waals surface area contributed by atoms with Gasteiger partial charge in [0.1, 0.15) is 6.33 Å². The van der Waals surface area contributed by atoms with E-state index in [-0.39, 0.29) is 5.69 Å². The maximum atomic E-state index is 11.4. The van der Waals surface area contributed by atoms with Crippen molar-refractivity contribution < 1.29 is 0 Å². The summed E-state index contributed by atoms with van der Waals surface area (Å²) in [5.74, 6) is 0. The number of rotatable bonds is 2. The van der Waals surface area contributed by atoms with Crippen LogP contribution in [-0.2, 0) is 13.6 Å². The van der Waals surface area contributed by atoms with Crippen LogP contribution in [0.3, 0.4) is 0 Å². The highest BCUT2D eigenvalue weighted by Crippen LogP contribution is 2.17. The summed E-state index contributed by atoms with van der Waals surface area (Å²) in [6, 6.07) is 0. The van der Waals surface area contributed by atoms with E-state index in [1.165, 1.54) is 26.9 Å². The predicted molar refractivity (Wildman–Crippen MR) is 53.7 cm³/mol. The van der Waals surface area contributed by atoms with E-state index in [1.807, 2.05) is 0 Å². The summed E-state index contributed by atoms with van der Waals surface area (Å²) in [5, 5.41) is 3.92. The molecular weight excluding hydrogens is 224 g/mol. The first kappa shape index (κ1) is 9.42. The molecule has 0 fully saturated rings. The average Bonchev–Trinajstić information content (AvgIpc) is 2.67. The van der Waals surface area contributed by atoms with E-state index in [9.17, 15) is 4.79 Å². The molecule has 0 aliphatic carbocycles. The Kier molecular flexibility index (Phi) is 2.39. The molecule has 74 valence electrons. The fraction of sp³-hybridized carbons (Fsp3) is 0.286. The minimum Gasteiger partial charge on any atom is -0.285 e. The molecule has 2 heterocycles. The van der Waals surface area contributed by atoms with E-state index >= 15 is 0 Å². The molecule has 14 heavy (non-hydrogen) atoms. The Morgan fingerprint density at radius 1 is 1.64 bits per heavy atom. The van der Waals surface area contributed by atoms with Gasteiger partial charge in [0.15, 0.2) is 4.47 Å². The Labute approximate surface area is 88.6 Å². The molecule has 0 radical (unpaired) electrons. The summed E-state index contributed by atoms with van der Waals surface area (Å²) in [6.45, 7) is 0.421. The molecule has 0 spiro atoms. The van der Waals surface area contributed by atoms with Crippen LogP contribution in [0.4, 0.5) is 0 Å². The molecule has 0 saturated carbocycles. The lowest BCUT2D eigenvalue weighted by Gasteiger charge is -1.93. The van der Waals surface area contributed by atoms with Crippen LogP contribution in [0.25, 0.3) is 0 Å². The third-order valence-corrected chi connectivity index (χ3v) is 2.82. The third-order valence-electron chi connectivity index (χ3n) is 1.72. The van der Waals surface area contributed by atoms with Crippen LogP contribution in [0.15, 0.2) is 17.3 Å². The fourth-order valence-electron chi connectivity index (χ4n) is 1.03. The monoisotopic (exact) mass is 230 g/mol. The molecule has 5 nitrogen and oxygen atoms in total. The molecule has 0 unspecified atom stereocenters. The van der Waals surface area contributed by atoms with Gasteiger partial charge < -0.3 is 0 Å². The third kappa shape index (κ3) is 1.71. The van der Waals surface area contributed by atoms with Crippen LogP contribution in [0.1, 0.15) is 4.88 Å². The summed E-state index contributed by atoms with van der Waals surface area (Å²) >= 11 is 7.01. The van der Waals surface area contributed by atoms with Crippen molar-refractivity contribution in [2.45, 2.75) is 6.54 Å². The second-order valence-electron chi connectivity index (χ2n) is 2.76. The van der Waals surface area contributed by atoms with Gasteiger partial charge in [-0.05, 0) is 0 Å². The van der Waals surface area contributed by atoms with E-state index in [0.29, 0.717) is 11.0 Å². The van der Waals surface area contributed by atoms with Crippen molar-refractivity contribution in [2.75, 3.05) is 0 Å². The lowest BCUT2D eigenvalue weighted by molar-refractivity contribution is 0.652. The van der Waals surface area contributed by atoms with Crippen molar-refractivity contribution in [2.24, 2.45) is 7.05 Å². The lowest BCUT2D eigenvalue weighted by Crippen LogP contribution is -2.23. The number of nitrogens with zero attached hydrogens (tertiary/aromatic N) is 4. The van der Waals surface area contributed by atoms with Gasteiger partial charge in [-0.25, -0.2) is 14.5 Å². The first-order valence-electron chi connectivity index (χ1n) is 3.85. The minimum absolute atomic E-state index is 0.144. The van der Waals surface area contributed by atoms with Gasteiger partial charge in [-0.1, -0.05) is 11.6 Å². The van der Waals surface area contributed by atoms with E-state index in [0.717, 1.165) is 4.88 Å². The van der Waals surface area contributed by atoms with Crippen LogP contribution in [0.2, 0.25) is 4.47 Å². The minimum atomic E-state index is -0.144. The van der Waals surface area contributed by atoms with Crippen LogP contribution in [0.5, 0.6) is 0 Å². The Balaban J connectivity index is 2.27. The zero-order valence-corrected chi connectivity index (χ0v) is 8.92. The van der Waals surface area contributed by atoms with Crippen LogP contribution in [0, 0.1) is 0 Å². The van der Waals surface area contributed by atoms with Crippen molar-refractivity contribution in [1.82, 2.24) is 19.3 Å². The maximum absolute atomic E-state index is 11.4. The first-order valence-corrected chi connectivity index (χ1v) is 5.05. The molecule has 0 aliphatic heterocycles. The van der Waals surface area contributed by atoms with E-state index < -0.39 is 0 Å². The number of hydrogen-bond acceptors (Lipinski definition) is 4. The van der Waals surface area contributed by atoms with Crippen LogP contribution < -0.4 is 5.69 Å². The molecule has 7 heteroatoms. The Bertz CT molecular complexity index is 500. The first-order chi connectivity index (χ1) is 6.66. The van der Waals surface area contributed by atoms with Crippen molar-refractivity contribution in [3.05, 3.63) is 32.4 Å². The number of hydrogen-bond donors (Lipinski definition) is 0. The van der Waals surface area contributed by atoms with Gasteiger partial charge in [0.2, 0.25) is 0 Å². The highest BCUT2D eigenvalue weighted by molar-refractivity contribution is 7.15. The second kappa shape index (κ2) is 3.55. The van der Waals surface area contributed by atoms with Crippen molar-refractivity contribution in [1.29, 1.82) is 0 Å². The van der Waals surface area contributed by atoms with Gasteiger partial charge in [0, 0.05) is 18.1 Å². The van der Waals surface area contributed by atoms with Crippen molar-refractivity contribution in [3.63, 3.8) is 0 Å². The number of aryl methyl sites for hydroxylation is 1. The quantitative estimate of drug-likeness (QED) is 0.765. The molecule has 2 aromatic heterocycles. The van der Waals surface area contributed by atoms with Crippen molar-refractivity contribution in [3.8, 4) is 0 Å². The molecule has 0 aliphatic rings. The molecule has 0 N–H and O–H groups in total. The molecular formula is C7H7ClN4OS. The Hall–Kier alpha value is -1.14. The Morgan fingerprint density at radius 2 is 2.43 bits per heavy atom. The Morgan fingerprint density at radius 3 is 2.93 bits per heavy atom. The molecule has 2 rings (SSSR count). The normalized spacial score (nSPS) is 10.7. The lowest BCUT2D eigenvalue weighted by atomic mass is 10.5. The number of thiazole rings is 1. The molecule has 0 bridgehead atoms. The molecule has 0 saturated heterocycles. The average molecular weight is 231 g/mol. The molecule has 0 amide bonds. The largest absolute Gasteiger partial charge is 0.345 e. The second-order valence-corrected chi connectivity index (χ2v) is 4.46. The van der Waals surface area contributed by atoms with Gasteiger partial charge in [-0.2, -0.15) is 5.10 Å². The predicted octanol–water partition coefficient (Wildman–Crippen LogP) is 0.740. The summed E-state index contributed by atoms with van der Waals surface area (Å²) in [4.78, 5) is 16.2. The van der Waals surface area contributed by atoms with Gasteiger partial charge in [-0.3, -0.25) is 4.57 Å². The van der Waals surface area contributed by atoms with Crippen molar-refractivity contribution >= 4 is 22.9 Å². The highest BCUT2D eigenvalue weighted by Gasteiger charge is 2.05. The maximum Gasteiger partial charge on any atom is 0.345 e. The number of aromatic nitrogens is 4. The molecule has 0 aromatic carbocycles. The van der Waals surface area contributed by atoms with E-state index in [4.69, 9.17) is 11.6 Å².